The van der Waals surface area contributed by atoms with Crippen LogP contribution in [0.2, 0.25) is 0 Å². The number of aromatic nitrogens is 1. The van der Waals surface area contributed by atoms with E-state index in [1.165, 1.54) is 0 Å². The van der Waals surface area contributed by atoms with E-state index in [9.17, 15) is 0 Å². The number of ether oxygens (including phenoxy) is 2. The van der Waals surface area contributed by atoms with Crippen molar-refractivity contribution in [2.45, 2.75) is 11.8 Å². The van der Waals surface area contributed by atoms with Crippen molar-refractivity contribution in [3.63, 3.8) is 0 Å². The van der Waals surface area contributed by atoms with Crippen molar-refractivity contribution in [3.8, 4) is 11.6 Å². The van der Waals surface area contributed by atoms with Crippen LogP contribution in [-0.2, 0) is 10.3 Å². The molecule has 114 valence electrons. The molecule has 0 aliphatic carbocycles. The molecule has 1 saturated heterocycles. The molecule has 0 radical (unpaired) electrons. The summed E-state index contributed by atoms with van der Waals surface area (Å²) in [6.45, 7) is 1.25. The van der Waals surface area contributed by atoms with Crippen LogP contribution < -0.4 is 15.8 Å². The van der Waals surface area contributed by atoms with E-state index in [1.54, 1.807) is 6.20 Å². The van der Waals surface area contributed by atoms with Crippen molar-refractivity contribution in [2.24, 2.45) is 5.73 Å². The van der Waals surface area contributed by atoms with Gasteiger partial charge in [-0.15, -0.1) is 0 Å². The first-order chi connectivity index (χ1) is 10.6. The molecule has 1 unspecified atom stereocenters. The number of nitrogens with one attached hydrogen (secondary N) is 1. The number of morpholine rings is 1. The number of fused-ring (bicyclic) bond motifs is 4. The molecule has 5 nitrogen and oxygen atoms in total. The first-order valence-electron chi connectivity index (χ1n) is 6.86. The van der Waals surface area contributed by atoms with E-state index in [0.717, 1.165) is 24.9 Å². The van der Waals surface area contributed by atoms with Gasteiger partial charge in [0.15, 0.2) is 0 Å². The molecule has 2 aliphatic heterocycles. The predicted octanol–water partition coefficient (Wildman–Crippen LogP) is 2.70. The predicted molar refractivity (Wildman–Crippen MR) is 93.9 cm³/mol. The zero-order chi connectivity index (χ0) is 15.3. The quantitative estimate of drug-likeness (QED) is 0.576. The average molecular weight is 474 g/mol. The highest BCUT2D eigenvalue weighted by Crippen LogP contribution is 2.49. The topological polar surface area (TPSA) is 69.4 Å². The van der Waals surface area contributed by atoms with Gasteiger partial charge in [-0.2, -0.15) is 0 Å². The molecule has 3 N–H and O–H groups in total. The third kappa shape index (κ3) is 2.26. The molecule has 1 aromatic carbocycles. The highest BCUT2D eigenvalue weighted by atomic mass is 127. The number of benzene rings is 1. The maximum atomic E-state index is 6.25. The van der Waals surface area contributed by atoms with Crippen LogP contribution in [0.25, 0.3) is 0 Å². The lowest BCUT2D eigenvalue weighted by atomic mass is 9.83. The summed E-state index contributed by atoms with van der Waals surface area (Å²) in [6.07, 6.45) is 1.34. The van der Waals surface area contributed by atoms with Crippen LogP contribution >= 0.6 is 38.5 Å². The molecular weight excluding hydrogens is 461 g/mol. The van der Waals surface area contributed by atoms with Gasteiger partial charge >= 0.3 is 0 Å². The number of rotatable bonds is 0. The summed E-state index contributed by atoms with van der Waals surface area (Å²) in [5.74, 6) is 1.33. The van der Waals surface area contributed by atoms with Crippen molar-refractivity contribution in [1.29, 1.82) is 0 Å². The highest BCUT2D eigenvalue weighted by molar-refractivity contribution is 14.1. The lowest BCUT2D eigenvalue weighted by molar-refractivity contribution is -0.0974. The molecule has 2 aromatic rings. The Kier molecular flexibility index (Phi) is 3.65. The summed E-state index contributed by atoms with van der Waals surface area (Å²) >= 11 is 5.77. The monoisotopic (exact) mass is 473 g/mol. The molecule has 7 heteroatoms. The summed E-state index contributed by atoms with van der Waals surface area (Å²) in [4.78, 5) is 4.40. The minimum Gasteiger partial charge on any atom is -0.438 e. The number of nitrogens with zero attached hydrogens (tertiary/aromatic N) is 1. The fraction of sp³-hybridized carbons (Fsp3) is 0.267. The van der Waals surface area contributed by atoms with Crippen molar-refractivity contribution < 1.29 is 9.47 Å². The summed E-state index contributed by atoms with van der Waals surface area (Å²) in [6, 6.07) is 8.03. The summed E-state index contributed by atoms with van der Waals surface area (Å²) < 4.78 is 14.2. The first kappa shape index (κ1) is 14.8. The zero-order valence-electron chi connectivity index (χ0n) is 11.5. The summed E-state index contributed by atoms with van der Waals surface area (Å²) in [5, 5.41) is 3.36. The van der Waals surface area contributed by atoms with Crippen molar-refractivity contribution >= 4 is 38.5 Å². The molecule has 3 heterocycles. The van der Waals surface area contributed by atoms with Crippen LogP contribution in [0.5, 0.6) is 11.6 Å². The van der Waals surface area contributed by atoms with Gasteiger partial charge in [0.05, 0.1) is 5.56 Å². The van der Waals surface area contributed by atoms with Crippen LogP contribution in [-0.4, -0.2) is 24.3 Å². The number of halogens is 2. The van der Waals surface area contributed by atoms with Gasteiger partial charge in [0, 0.05) is 32.9 Å². The molecule has 0 amide bonds. The Morgan fingerprint density at radius 1 is 1.36 bits per heavy atom. The van der Waals surface area contributed by atoms with Gasteiger partial charge in [-0.05, 0) is 62.8 Å². The minimum absolute atomic E-state index is 0.385. The van der Waals surface area contributed by atoms with Gasteiger partial charge in [0.25, 0.3) is 0 Å². The third-order valence-electron chi connectivity index (χ3n) is 3.91. The Balaban J connectivity index is 1.99. The Morgan fingerprint density at radius 2 is 2.23 bits per heavy atom. The maximum Gasteiger partial charge on any atom is 0.225 e. The lowest BCUT2D eigenvalue weighted by Crippen LogP contribution is -2.56. The van der Waals surface area contributed by atoms with E-state index < -0.39 is 5.60 Å². The number of hydrogen-bond donors (Lipinski definition) is 2. The third-order valence-corrected chi connectivity index (χ3v) is 5.01. The highest BCUT2D eigenvalue weighted by Gasteiger charge is 2.47. The fourth-order valence-corrected chi connectivity index (χ4v) is 3.83. The van der Waals surface area contributed by atoms with E-state index in [1.807, 2.05) is 18.2 Å². The molecule has 22 heavy (non-hydrogen) atoms. The summed E-state index contributed by atoms with van der Waals surface area (Å²) in [5.41, 5.74) is 7.26. The van der Waals surface area contributed by atoms with Gasteiger partial charge in [0.2, 0.25) is 5.88 Å². The normalized spacial score (nSPS) is 26.2. The van der Waals surface area contributed by atoms with Gasteiger partial charge in [-0.1, -0.05) is 0 Å². The molecule has 2 aliphatic rings. The number of nitrogens with two attached hydrogens (primary N) is 1. The Morgan fingerprint density at radius 3 is 3.05 bits per heavy atom. The van der Waals surface area contributed by atoms with Crippen LogP contribution in [0.3, 0.4) is 0 Å². The minimum atomic E-state index is -0.682. The van der Waals surface area contributed by atoms with E-state index in [2.05, 4.69) is 54.9 Å². The molecule has 1 spiro atoms. The van der Waals surface area contributed by atoms with Crippen molar-refractivity contribution in [2.75, 3.05) is 13.1 Å². The molecule has 1 aromatic heterocycles. The van der Waals surface area contributed by atoms with Gasteiger partial charge in [0.1, 0.15) is 17.6 Å². The SMILES string of the molecule is N[C@H]1CNCC2(O1)c1cc(I)ccc1Oc1ncc(Br)cc12. The molecular formula is C15H13BrIN3O2. The maximum absolute atomic E-state index is 6.25. The van der Waals surface area contributed by atoms with Gasteiger partial charge < -0.3 is 20.5 Å². The lowest BCUT2D eigenvalue weighted by Gasteiger charge is -2.44. The molecule has 0 bridgehead atoms. The molecule has 1 fully saturated rings. The van der Waals surface area contributed by atoms with Crippen LogP contribution in [0.15, 0.2) is 34.9 Å². The van der Waals surface area contributed by atoms with E-state index in [0.29, 0.717) is 19.0 Å². The number of hydrogen-bond acceptors (Lipinski definition) is 5. The summed E-state index contributed by atoms with van der Waals surface area (Å²) in [7, 11) is 0. The second kappa shape index (κ2) is 5.41. The van der Waals surface area contributed by atoms with Crippen LogP contribution in [0.4, 0.5) is 0 Å². The second-order valence-corrected chi connectivity index (χ2v) is 7.52. The average Bonchev–Trinajstić information content (AvgIpc) is 2.49. The smallest absolute Gasteiger partial charge is 0.225 e. The Labute approximate surface area is 149 Å². The largest absolute Gasteiger partial charge is 0.438 e. The Bertz CT molecular complexity index is 704. The van der Waals surface area contributed by atoms with Gasteiger partial charge in [-0.3, -0.25) is 0 Å². The van der Waals surface area contributed by atoms with Crippen molar-refractivity contribution in [3.05, 3.63) is 49.6 Å². The van der Waals surface area contributed by atoms with Crippen molar-refractivity contribution in [1.82, 2.24) is 10.3 Å². The zero-order valence-corrected chi connectivity index (χ0v) is 15.2. The molecule has 0 saturated carbocycles. The van der Waals surface area contributed by atoms with E-state index in [4.69, 9.17) is 15.2 Å². The fourth-order valence-electron chi connectivity index (χ4n) is 3.00. The van der Waals surface area contributed by atoms with Crippen LogP contribution in [0.1, 0.15) is 11.1 Å². The standard InChI is InChI=1S/C15H13BrIN3O2/c16-8-3-11-14(20-5-8)21-12-2-1-9(17)4-10(12)15(11)7-19-6-13(18)22-15/h1-5,13,19H,6-7,18H2/t13-,15?/m1/s1. The molecule has 4 rings (SSSR count). The van der Waals surface area contributed by atoms with E-state index in [-0.39, 0.29) is 6.23 Å². The van der Waals surface area contributed by atoms with E-state index >= 15 is 0 Å². The number of pyridine rings is 1. The van der Waals surface area contributed by atoms with Crippen LogP contribution in [0, 0.1) is 3.57 Å². The molecule has 2 atom stereocenters. The second-order valence-electron chi connectivity index (χ2n) is 5.36. The van der Waals surface area contributed by atoms with Gasteiger partial charge in [-0.25, -0.2) is 4.98 Å². The Hall–Kier alpha value is -0.740. The first-order valence-corrected chi connectivity index (χ1v) is 8.74.